The number of nitrogens with two attached hydrogens (primary N) is 2. The third kappa shape index (κ3) is 5.64. The Balaban J connectivity index is 1.78. The molecule has 0 saturated heterocycles. The van der Waals surface area contributed by atoms with Crippen molar-refractivity contribution in [1.29, 1.82) is 0 Å². The molecule has 4 N–H and O–H groups in total. The second-order valence-corrected chi connectivity index (χ2v) is 8.02. The van der Waals surface area contributed by atoms with Gasteiger partial charge in [-0.25, -0.2) is 20.8 Å². The van der Waals surface area contributed by atoms with Crippen LogP contribution in [0.1, 0.15) is 61.7 Å². The smallest absolute Gasteiger partial charge is 0.219 e. The van der Waals surface area contributed by atoms with Gasteiger partial charge < -0.3 is 20.2 Å². The SMILES string of the molecule is CCc1ncnc(OC/C(=C(/N)c2ccc(OC3CCCCC3)c(C)n2)N(C)N)c1C. The van der Waals surface area contributed by atoms with Gasteiger partial charge in [0.25, 0.3) is 0 Å². The van der Waals surface area contributed by atoms with Crippen LogP contribution in [0.25, 0.3) is 5.70 Å². The van der Waals surface area contributed by atoms with Crippen molar-refractivity contribution in [3.05, 3.63) is 46.8 Å². The minimum atomic E-state index is 0.168. The van der Waals surface area contributed by atoms with E-state index in [9.17, 15) is 0 Å². The maximum atomic E-state index is 6.44. The molecule has 1 fully saturated rings. The second kappa shape index (κ2) is 10.4. The van der Waals surface area contributed by atoms with Crippen LogP contribution in [0.5, 0.6) is 11.6 Å². The van der Waals surface area contributed by atoms with Crippen LogP contribution >= 0.6 is 0 Å². The molecule has 0 atom stereocenters. The van der Waals surface area contributed by atoms with E-state index in [1.165, 1.54) is 30.6 Å². The molecule has 8 nitrogen and oxygen atoms in total. The van der Waals surface area contributed by atoms with Crippen molar-refractivity contribution in [2.24, 2.45) is 11.6 Å². The molecule has 168 valence electrons. The molecular formula is C23H34N6O2. The zero-order chi connectivity index (χ0) is 22.4. The van der Waals surface area contributed by atoms with E-state index >= 15 is 0 Å². The molecule has 2 aromatic rings. The van der Waals surface area contributed by atoms with E-state index in [1.807, 2.05) is 32.9 Å². The normalized spacial score (nSPS) is 15.4. The Labute approximate surface area is 184 Å². The summed E-state index contributed by atoms with van der Waals surface area (Å²) in [7, 11) is 1.73. The Hall–Kier alpha value is -2.87. The van der Waals surface area contributed by atoms with Crippen molar-refractivity contribution in [1.82, 2.24) is 20.0 Å². The number of aromatic nitrogens is 3. The standard InChI is InChI=1S/C23H34N6O2/c1-5-18-15(2)23(27-14-26-18)30-13-20(29(4)25)22(24)19-11-12-21(16(3)28-19)31-17-9-7-6-8-10-17/h11-12,14,17H,5-10,13,24-25H2,1-4H3/b22-20-. The van der Waals surface area contributed by atoms with Gasteiger partial charge in [0.05, 0.1) is 34.6 Å². The summed E-state index contributed by atoms with van der Waals surface area (Å²) >= 11 is 0. The van der Waals surface area contributed by atoms with Crippen molar-refractivity contribution in [2.45, 2.75) is 65.4 Å². The molecule has 0 aliphatic heterocycles. The molecule has 0 aromatic carbocycles. The van der Waals surface area contributed by atoms with Gasteiger partial charge in [-0.05, 0) is 58.1 Å². The lowest BCUT2D eigenvalue weighted by molar-refractivity contribution is 0.153. The highest BCUT2D eigenvalue weighted by Crippen LogP contribution is 2.26. The van der Waals surface area contributed by atoms with Crippen LogP contribution in [0.15, 0.2) is 24.2 Å². The van der Waals surface area contributed by atoms with Gasteiger partial charge in [-0.1, -0.05) is 13.3 Å². The summed E-state index contributed by atoms with van der Waals surface area (Å²) in [6.07, 6.45) is 8.54. The Bertz CT molecular complexity index is 922. The van der Waals surface area contributed by atoms with Crippen LogP contribution < -0.4 is 21.1 Å². The maximum absolute atomic E-state index is 6.44. The van der Waals surface area contributed by atoms with Crippen LogP contribution in [0.2, 0.25) is 0 Å². The van der Waals surface area contributed by atoms with E-state index in [-0.39, 0.29) is 12.7 Å². The Morgan fingerprint density at radius 2 is 1.90 bits per heavy atom. The van der Waals surface area contributed by atoms with Crippen molar-refractivity contribution >= 4 is 5.70 Å². The zero-order valence-electron chi connectivity index (χ0n) is 19.0. The minimum absolute atomic E-state index is 0.168. The van der Waals surface area contributed by atoms with Crippen LogP contribution in [-0.4, -0.2) is 39.7 Å². The van der Waals surface area contributed by atoms with E-state index in [2.05, 4.69) is 15.0 Å². The summed E-state index contributed by atoms with van der Waals surface area (Å²) in [4.78, 5) is 13.2. The van der Waals surface area contributed by atoms with Crippen molar-refractivity contribution in [3.8, 4) is 11.6 Å². The summed E-state index contributed by atoms with van der Waals surface area (Å²) in [5.74, 6) is 7.39. The van der Waals surface area contributed by atoms with Gasteiger partial charge >= 0.3 is 0 Å². The van der Waals surface area contributed by atoms with Crippen molar-refractivity contribution < 1.29 is 9.47 Å². The Kier molecular flexibility index (Phi) is 7.68. The summed E-state index contributed by atoms with van der Waals surface area (Å²) in [5, 5.41) is 1.45. The largest absolute Gasteiger partial charge is 0.489 e. The molecule has 1 aliphatic carbocycles. The van der Waals surface area contributed by atoms with Crippen molar-refractivity contribution in [2.75, 3.05) is 13.7 Å². The fraction of sp³-hybridized carbons (Fsp3) is 0.522. The van der Waals surface area contributed by atoms with Crippen LogP contribution in [0.3, 0.4) is 0 Å². The number of rotatable bonds is 8. The van der Waals surface area contributed by atoms with Gasteiger partial charge in [-0.3, -0.25) is 0 Å². The number of ether oxygens (including phenoxy) is 2. The number of hydrogen-bond acceptors (Lipinski definition) is 8. The number of likely N-dealkylation sites (N-methyl/N-ethyl adjacent to an activating group) is 1. The molecule has 0 bridgehead atoms. The highest BCUT2D eigenvalue weighted by Gasteiger charge is 2.18. The predicted octanol–water partition coefficient (Wildman–Crippen LogP) is 3.27. The fourth-order valence-electron chi connectivity index (χ4n) is 3.81. The van der Waals surface area contributed by atoms with Gasteiger partial charge in [0.15, 0.2) is 0 Å². The molecule has 0 unspecified atom stereocenters. The molecule has 31 heavy (non-hydrogen) atoms. The molecule has 0 radical (unpaired) electrons. The molecule has 2 aromatic heterocycles. The average molecular weight is 427 g/mol. The monoisotopic (exact) mass is 426 g/mol. The van der Waals surface area contributed by atoms with Crippen molar-refractivity contribution in [3.63, 3.8) is 0 Å². The number of aryl methyl sites for hydroxylation is 2. The zero-order valence-corrected chi connectivity index (χ0v) is 19.0. The van der Waals surface area contributed by atoms with Gasteiger partial charge in [0.2, 0.25) is 5.88 Å². The number of pyridine rings is 1. The summed E-state index contributed by atoms with van der Waals surface area (Å²) in [6, 6.07) is 3.81. The van der Waals surface area contributed by atoms with E-state index in [0.717, 1.165) is 42.0 Å². The molecular weight excluding hydrogens is 392 g/mol. The van der Waals surface area contributed by atoms with Gasteiger partial charge in [0.1, 0.15) is 18.7 Å². The van der Waals surface area contributed by atoms with Crippen LogP contribution in [0, 0.1) is 13.8 Å². The number of hydrogen-bond donors (Lipinski definition) is 2. The van der Waals surface area contributed by atoms with Gasteiger partial charge in [0, 0.05) is 12.6 Å². The highest BCUT2D eigenvalue weighted by atomic mass is 16.5. The topological polar surface area (TPSA) is 112 Å². The third-order valence-electron chi connectivity index (χ3n) is 5.72. The molecule has 1 saturated carbocycles. The predicted molar refractivity (Wildman–Crippen MR) is 121 cm³/mol. The van der Waals surface area contributed by atoms with E-state index in [1.54, 1.807) is 7.05 Å². The molecule has 3 rings (SSSR count). The van der Waals surface area contributed by atoms with E-state index < -0.39 is 0 Å². The molecule has 0 spiro atoms. The lowest BCUT2D eigenvalue weighted by atomic mass is 9.98. The molecule has 2 heterocycles. The quantitative estimate of drug-likeness (QED) is 0.488. The first-order chi connectivity index (χ1) is 14.9. The maximum Gasteiger partial charge on any atom is 0.219 e. The second-order valence-electron chi connectivity index (χ2n) is 8.02. The lowest BCUT2D eigenvalue weighted by Gasteiger charge is -2.24. The van der Waals surface area contributed by atoms with Gasteiger partial charge in [-0.2, -0.15) is 0 Å². The average Bonchev–Trinajstić information content (AvgIpc) is 2.76. The number of nitrogens with zero attached hydrogens (tertiary/aromatic N) is 4. The first-order valence-electron chi connectivity index (χ1n) is 11.0. The first kappa shape index (κ1) is 22.8. The summed E-state index contributed by atoms with van der Waals surface area (Å²) < 4.78 is 12.1. The summed E-state index contributed by atoms with van der Waals surface area (Å²) in [6.45, 7) is 6.10. The highest BCUT2D eigenvalue weighted by molar-refractivity contribution is 5.63. The van der Waals surface area contributed by atoms with Gasteiger partial charge in [-0.15, -0.1) is 0 Å². The molecule has 8 heteroatoms. The minimum Gasteiger partial charge on any atom is -0.489 e. The third-order valence-corrected chi connectivity index (χ3v) is 5.72. The van der Waals surface area contributed by atoms with E-state index in [4.69, 9.17) is 21.1 Å². The molecule has 0 amide bonds. The first-order valence-corrected chi connectivity index (χ1v) is 11.0. The Morgan fingerprint density at radius 3 is 2.55 bits per heavy atom. The van der Waals surface area contributed by atoms with E-state index in [0.29, 0.717) is 23.0 Å². The molecule has 1 aliphatic rings. The lowest BCUT2D eigenvalue weighted by Crippen LogP contribution is -2.31. The summed E-state index contributed by atoms with van der Waals surface area (Å²) in [5.41, 5.74) is 10.8. The van der Waals surface area contributed by atoms with Crippen LogP contribution in [0.4, 0.5) is 0 Å². The number of hydrazine groups is 1. The van der Waals surface area contributed by atoms with Crippen LogP contribution in [-0.2, 0) is 6.42 Å². The Morgan fingerprint density at radius 1 is 1.16 bits per heavy atom. The fourth-order valence-corrected chi connectivity index (χ4v) is 3.81.